The van der Waals surface area contributed by atoms with E-state index in [4.69, 9.17) is 18.9 Å². The molecule has 1 fully saturated rings. The third kappa shape index (κ3) is 5.71. The van der Waals surface area contributed by atoms with Gasteiger partial charge in [-0.25, -0.2) is 0 Å². The van der Waals surface area contributed by atoms with Gasteiger partial charge in [-0.3, -0.25) is 9.59 Å². The van der Waals surface area contributed by atoms with Crippen molar-refractivity contribution < 1.29 is 28.5 Å². The minimum atomic E-state index is -0.645. The van der Waals surface area contributed by atoms with Crippen LogP contribution in [0.2, 0.25) is 0 Å². The van der Waals surface area contributed by atoms with Crippen LogP contribution in [-0.4, -0.2) is 46.1 Å². The molecule has 0 aliphatic carbocycles. The SMILES string of the molecule is CC(=O)O[C@@H]1[C@@H](OC(C)=O)[C@@H](I)[C@H](OC(C)(C)C)O[C@H]1C. The third-order valence-corrected chi connectivity index (χ3v) is 4.08. The summed E-state index contributed by atoms with van der Waals surface area (Å²) in [6.45, 7) is 10.2. The quantitative estimate of drug-likeness (QED) is 0.401. The highest BCUT2D eigenvalue weighted by molar-refractivity contribution is 14.1. The second kappa shape index (κ2) is 7.23. The minimum absolute atomic E-state index is 0.286. The van der Waals surface area contributed by atoms with Gasteiger partial charge in [0.15, 0.2) is 18.5 Å². The number of alkyl halides is 1. The van der Waals surface area contributed by atoms with Crippen LogP contribution in [0.3, 0.4) is 0 Å². The van der Waals surface area contributed by atoms with Gasteiger partial charge >= 0.3 is 11.9 Å². The maximum absolute atomic E-state index is 11.3. The molecule has 0 aromatic rings. The Morgan fingerprint density at radius 3 is 1.95 bits per heavy atom. The maximum atomic E-state index is 11.3. The number of rotatable bonds is 3. The standard InChI is InChI=1S/C14H23IO6/c1-7-11(19-8(2)16)12(20-9(3)17)10(15)13(18-7)21-14(4,5)6/h7,10-13H,1-6H3/t7-,10+,11-,12-,13-/m0/s1. The van der Waals surface area contributed by atoms with Crippen LogP contribution in [0.4, 0.5) is 0 Å². The van der Waals surface area contributed by atoms with Crippen LogP contribution in [0, 0.1) is 0 Å². The summed E-state index contributed by atoms with van der Waals surface area (Å²) in [5, 5.41) is 0. The van der Waals surface area contributed by atoms with Crippen LogP contribution < -0.4 is 0 Å². The molecule has 0 aromatic carbocycles. The molecule has 0 amide bonds. The molecule has 0 N–H and O–H groups in total. The van der Waals surface area contributed by atoms with Crippen molar-refractivity contribution >= 4 is 34.5 Å². The van der Waals surface area contributed by atoms with Crippen molar-refractivity contribution in [2.75, 3.05) is 0 Å². The van der Waals surface area contributed by atoms with Gasteiger partial charge in [0.2, 0.25) is 0 Å². The molecule has 0 unspecified atom stereocenters. The second-order valence-corrected chi connectivity index (χ2v) is 7.47. The molecule has 21 heavy (non-hydrogen) atoms. The van der Waals surface area contributed by atoms with Crippen molar-refractivity contribution in [2.45, 2.75) is 75.7 Å². The smallest absolute Gasteiger partial charge is 0.303 e. The summed E-state index contributed by atoms with van der Waals surface area (Å²) in [6.07, 6.45) is -2.23. The molecule has 7 heteroatoms. The molecular weight excluding hydrogens is 391 g/mol. The van der Waals surface area contributed by atoms with E-state index in [9.17, 15) is 9.59 Å². The van der Waals surface area contributed by atoms with Gasteiger partial charge in [0.25, 0.3) is 0 Å². The first-order chi connectivity index (χ1) is 9.51. The highest BCUT2D eigenvalue weighted by Gasteiger charge is 2.48. The molecule has 1 aliphatic rings. The van der Waals surface area contributed by atoms with E-state index in [1.165, 1.54) is 13.8 Å². The van der Waals surface area contributed by atoms with E-state index in [0.717, 1.165) is 0 Å². The zero-order chi connectivity index (χ0) is 16.4. The molecule has 0 bridgehead atoms. The van der Waals surface area contributed by atoms with Gasteiger partial charge in [-0.05, 0) is 27.7 Å². The largest absolute Gasteiger partial charge is 0.457 e. The molecule has 1 aliphatic heterocycles. The Labute approximate surface area is 139 Å². The first-order valence-electron chi connectivity index (χ1n) is 6.83. The Hall–Kier alpha value is -0.410. The van der Waals surface area contributed by atoms with Gasteiger partial charge in [0.05, 0.1) is 11.7 Å². The molecule has 0 aromatic heterocycles. The summed E-state index contributed by atoms with van der Waals surface area (Å²) < 4.78 is 22.0. The Kier molecular flexibility index (Phi) is 6.42. The molecule has 1 saturated heterocycles. The third-order valence-electron chi connectivity index (χ3n) is 2.78. The van der Waals surface area contributed by atoms with Gasteiger partial charge in [0.1, 0.15) is 3.92 Å². The van der Waals surface area contributed by atoms with Crippen molar-refractivity contribution in [3.63, 3.8) is 0 Å². The molecule has 1 rings (SSSR count). The molecule has 0 radical (unpaired) electrons. The maximum Gasteiger partial charge on any atom is 0.303 e. The van der Waals surface area contributed by atoms with E-state index in [1.807, 2.05) is 20.8 Å². The lowest BCUT2D eigenvalue weighted by Gasteiger charge is -2.43. The average molecular weight is 414 g/mol. The molecule has 0 saturated carbocycles. The number of carbonyl (C=O) groups excluding carboxylic acids is 2. The zero-order valence-electron chi connectivity index (χ0n) is 13.2. The zero-order valence-corrected chi connectivity index (χ0v) is 15.4. The number of ether oxygens (including phenoxy) is 4. The van der Waals surface area contributed by atoms with Gasteiger partial charge in [-0.1, -0.05) is 22.6 Å². The molecular formula is C14H23IO6. The predicted molar refractivity (Wildman–Crippen MR) is 84.1 cm³/mol. The summed E-state index contributed by atoms with van der Waals surface area (Å²) in [5.74, 6) is -0.867. The fourth-order valence-electron chi connectivity index (χ4n) is 2.09. The van der Waals surface area contributed by atoms with Crippen molar-refractivity contribution in [1.29, 1.82) is 0 Å². The minimum Gasteiger partial charge on any atom is -0.457 e. The summed E-state index contributed by atoms with van der Waals surface area (Å²) in [7, 11) is 0. The second-order valence-electron chi connectivity index (χ2n) is 6.03. The molecule has 1 heterocycles. The number of halogens is 1. The van der Waals surface area contributed by atoms with E-state index in [1.54, 1.807) is 6.92 Å². The number of carbonyl (C=O) groups is 2. The van der Waals surface area contributed by atoms with Crippen LogP contribution in [0.15, 0.2) is 0 Å². The number of hydrogen-bond acceptors (Lipinski definition) is 6. The monoisotopic (exact) mass is 414 g/mol. The van der Waals surface area contributed by atoms with E-state index in [0.29, 0.717) is 0 Å². The number of esters is 2. The summed E-state index contributed by atoms with van der Waals surface area (Å²) in [6, 6.07) is 0. The first kappa shape index (κ1) is 18.6. The Bertz CT molecular complexity index is 391. The Balaban J connectivity index is 2.95. The topological polar surface area (TPSA) is 71.1 Å². The van der Waals surface area contributed by atoms with Crippen LogP contribution in [0.5, 0.6) is 0 Å². The molecule has 6 nitrogen and oxygen atoms in total. The van der Waals surface area contributed by atoms with E-state index in [2.05, 4.69) is 22.6 Å². The Morgan fingerprint density at radius 1 is 1.05 bits per heavy atom. The highest BCUT2D eigenvalue weighted by Crippen LogP contribution is 2.33. The fourth-order valence-corrected chi connectivity index (χ4v) is 2.96. The van der Waals surface area contributed by atoms with Crippen molar-refractivity contribution in [3.8, 4) is 0 Å². The van der Waals surface area contributed by atoms with Gasteiger partial charge in [0, 0.05) is 13.8 Å². The first-order valence-corrected chi connectivity index (χ1v) is 8.07. The van der Waals surface area contributed by atoms with E-state index >= 15 is 0 Å². The lowest BCUT2D eigenvalue weighted by Crippen LogP contribution is -2.58. The van der Waals surface area contributed by atoms with Crippen molar-refractivity contribution in [2.24, 2.45) is 0 Å². The van der Waals surface area contributed by atoms with Crippen LogP contribution in [-0.2, 0) is 28.5 Å². The predicted octanol–water partition coefficient (Wildman–Crippen LogP) is 2.21. The van der Waals surface area contributed by atoms with Crippen molar-refractivity contribution in [1.82, 2.24) is 0 Å². The van der Waals surface area contributed by atoms with Crippen molar-refractivity contribution in [3.05, 3.63) is 0 Å². The fraction of sp³-hybridized carbons (Fsp3) is 0.857. The average Bonchev–Trinajstić information content (AvgIpc) is 2.27. The summed E-state index contributed by atoms with van der Waals surface area (Å²) in [5.41, 5.74) is -0.400. The molecule has 122 valence electrons. The lowest BCUT2D eigenvalue weighted by molar-refractivity contribution is -0.271. The van der Waals surface area contributed by atoms with Crippen LogP contribution in [0.1, 0.15) is 41.5 Å². The van der Waals surface area contributed by atoms with Crippen LogP contribution in [0.25, 0.3) is 0 Å². The molecule has 0 spiro atoms. The molecule has 5 atom stereocenters. The summed E-state index contributed by atoms with van der Waals surface area (Å²) in [4.78, 5) is 22.6. The van der Waals surface area contributed by atoms with Gasteiger partial charge < -0.3 is 18.9 Å². The number of hydrogen-bond donors (Lipinski definition) is 0. The van der Waals surface area contributed by atoms with E-state index < -0.39 is 42.1 Å². The summed E-state index contributed by atoms with van der Waals surface area (Å²) >= 11 is 2.11. The van der Waals surface area contributed by atoms with E-state index in [-0.39, 0.29) is 3.92 Å². The Morgan fingerprint density at radius 2 is 1.52 bits per heavy atom. The van der Waals surface area contributed by atoms with Gasteiger partial charge in [-0.2, -0.15) is 0 Å². The van der Waals surface area contributed by atoms with Gasteiger partial charge in [-0.15, -0.1) is 0 Å². The lowest BCUT2D eigenvalue weighted by atomic mass is 10.0. The highest BCUT2D eigenvalue weighted by atomic mass is 127. The normalized spacial score (nSPS) is 33.4. The van der Waals surface area contributed by atoms with Crippen LogP contribution >= 0.6 is 22.6 Å².